The highest BCUT2D eigenvalue weighted by Gasteiger charge is 2.22. The van der Waals surface area contributed by atoms with E-state index in [0.717, 1.165) is 28.0 Å². The fourth-order valence-corrected chi connectivity index (χ4v) is 2.22. The van der Waals surface area contributed by atoms with Gasteiger partial charge in [0.15, 0.2) is 11.5 Å². The van der Waals surface area contributed by atoms with E-state index in [1.54, 1.807) is 0 Å². The summed E-state index contributed by atoms with van der Waals surface area (Å²) in [4.78, 5) is 0. The third-order valence-electron chi connectivity index (χ3n) is 2.39. The number of benzene rings is 1. The molecule has 0 radical (unpaired) electrons. The van der Waals surface area contributed by atoms with Gasteiger partial charge in [0, 0.05) is 15.6 Å². The van der Waals surface area contributed by atoms with Gasteiger partial charge in [0.25, 0.3) is 0 Å². The number of halogens is 1. The molecular weight excluding hydrogens is 270 g/mol. The minimum atomic E-state index is -0.265. The molecule has 0 aliphatic carbocycles. The Balaban J connectivity index is 2.42. The van der Waals surface area contributed by atoms with Crippen LogP contribution in [0.4, 0.5) is 0 Å². The largest absolute Gasteiger partial charge is 0.486 e. The van der Waals surface area contributed by atoms with E-state index in [1.165, 1.54) is 0 Å². The van der Waals surface area contributed by atoms with Crippen molar-refractivity contribution in [2.75, 3.05) is 13.2 Å². The molecule has 3 nitrogen and oxygen atoms in total. The van der Waals surface area contributed by atoms with Gasteiger partial charge in [-0.2, -0.15) is 0 Å². The Kier molecular flexibility index (Phi) is 3.13. The second-order valence-corrected chi connectivity index (χ2v) is 5.57. The maximum atomic E-state index is 6.05. The van der Waals surface area contributed by atoms with Crippen molar-refractivity contribution in [3.8, 4) is 11.5 Å². The molecule has 88 valence electrons. The van der Waals surface area contributed by atoms with Gasteiger partial charge in [0.1, 0.15) is 13.2 Å². The van der Waals surface area contributed by atoms with Gasteiger partial charge in [-0.15, -0.1) is 0 Å². The van der Waals surface area contributed by atoms with Crippen LogP contribution in [0.15, 0.2) is 16.6 Å². The summed E-state index contributed by atoms with van der Waals surface area (Å²) in [5.41, 5.74) is 6.87. The lowest BCUT2D eigenvalue weighted by Crippen LogP contribution is -2.35. The van der Waals surface area contributed by atoms with E-state index in [4.69, 9.17) is 15.2 Å². The molecule has 1 aromatic rings. The minimum absolute atomic E-state index is 0.265. The molecule has 1 heterocycles. The average Bonchev–Trinajstić information content (AvgIpc) is 2.21. The summed E-state index contributed by atoms with van der Waals surface area (Å²) in [7, 11) is 0. The molecule has 0 saturated carbocycles. The van der Waals surface area contributed by atoms with Crippen molar-refractivity contribution in [1.82, 2.24) is 0 Å². The number of fused-ring (bicyclic) bond motifs is 1. The first-order valence-corrected chi connectivity index (χ1v) is 6.12. The molecule has 0 aromatic heterocycles. The predicted octanol–water partition coefficient (Wildman–Crippen LogP) is 2.50. The lowest BCUT2D eigenvalue weighted by molar-refractivity contribution is 0.169. The Hall–Kier alpha value is -0.740. The summed E-state index contributed by atoms with van der Waals surface area (Å²) in [5.74, 6) is 1.65. The quantitative estimate of drug-likeness (QED) is 0.908. The van der Waals surface area contributed by atoms with Gasteiger partial charge < -0.3 is 15.2 Å². The van der Waals surface area contributed by atoms with Gasteiger partial charge in [-0.25, -0.2) is 0 Å². The Morgan fingerprint density at radius 1 is 1.31 bits per heavy atom. The van der Waals surface area contributed by atoms with Crippen molar-refractivity contribution in [1.29, 1.82) is 0 Å². The maximum Gasteiger partial charge on any atom is 0.165 e. The summed E-state index contributed by atoms with van der Waals surface area (Å²) < 4.78 is 12.2. The van der Waals surface area contributed by atoms with Crippen molar-refractivity contribution in [2.45, 2.75) is 25.8 Å². The molecular formula is C12H16BrNO2. The fraction of sp³-hybridized carbons (Fsp3) is 0.500. The lowest BCUT2D eigenvalue weighted by atomic mass is 9.95. The van der Waals surface area contributed by atoms with Crippen LogP contribution in [0.2, 0.25) is 0 Å². The zero-order valence-corrected chi connectivity index (χ0v) is 11.1. The molecule has 1 aliphatic rings. The van der Waals surface area contributed by atoms with Crippen LogP contribution in [-0.4, -0.2) is 18.8 Å². The summed E-state index contributed by atoms with van der Waals surface area (Å²) in [6.45, 7) is 5.21. The zero-order chi connectivity index (χ0) is 11.8. The molecule has 0 saturated heterocycles. The fourth-order valence-electron chi connectivity index (χ4n) is 1.77. The molecule has 1 aromatic carbocycles. The standard InChI is InChI=1S/C12H16BrNO2/c1-12(2,14)7-8-9(13)3-4-10-11(8)16-6-5-15-10/h3-4H,5-7,14H2,1-2H3. The van der Waals surface area contributed by atoms with Crippen LogP contribution in [0, 0.1) is 0 Å². The molecule has 0 atom stereocenters. The van der Waals surface area contributed by atoms with Gasteiger partial charge in [-0.05, 0) is 32.4 Å². The first-order valence-electron chi connectivity index (χ1n) is 5.33. The summed E-state index contributed by atoms with van der Waals surface area (Å²) in [5, 5.41) is 0. The van der Waals surface area contributed by atoms with E-state index in [9.17, 15) is 0 Å². The molecule has 1 aliphatic heterocycles. The monoisotopic (exact) mass is 285 g/mol. The van der Waals surface area contributed by atoms with Crippen LogP contribution >= 0.6 is 15.9 Å². The predicted molar refractivity (Wildman–Crippen MR) is 67.1 cm³/mol. The van der Waals surface area contributed by atoms with Crippen LogP contribution in [0.1, 0.15) is 19.4 Å². The zero-order valence-electron chi connectivity index (χ0n) is 9.55. The van der Waals surface area contributed by atoms with Gasteiger partial charge in [-0.1, -0.05) is 15.9 Å². The van der Waals surface area contributed by atoms with Crippen LogP contribution in [0.5, 0.6) is 11.5 Å². The third kappa shape index (κ3) is 2.50. The van der Waals surface area contributed by atoms with Gasteiger partial charge >= 0.3 is 0 Å². The van der Waals surface area contributed by atoms with Crippen molar-refractivity contribution in [3.05, 3.63) is 22.2 Å². The SMILES string of the molecule is CC(C)(N)Cc1c(Br)ccc2c1OCCO2. The highest BCUT2D eigenvalue weighted by Crippen LogP contribution is 2.39. The molecule has 0 bridgehead atoms. The Morgan fingerprint density at radius 2 is 2.00 bits per heavy atom. The normalized spacial score (nSPS) is 15.0. The Labute approximate surface area is 104 Å². The molecule has 0 spiro atoms. The second kappa shape index (κ2) is 4.26. The minimum Gasteiger partial charge on any atom is -0.486 e. The van der Waals surface area contributed by atoms with E-state index in [1.807, 2.05) is 26.0 Å². The van der Waals surface area contributed by atoms with E-state index >= 15 is 0 Å². The first-order chi connectivity index (χ1) is 7.47. The number of rotatable bonds is 2. The molecule has 2 N–H and O–H groups in total. The lowest BCUT2D eigenvalue weighted by Gasteiger charge is -2.25. The smallest absolute Gasteiger partial charge is 0.165 e. The highest BCUT2D eigenvalue weighted by molar-refractivity contribution is 9.10. The van der Waals surface area contributed by atoms with Crippen LogP contribution in [-0.2, 0) is 6.42 Å². The summed E-state index contributed by atoms with van der Waals surface area (Å²) in [6.07, 6.45) is 0.750. The molecule has 0 unspecified atom stereocenters. The van der Waals surface area contributed by atoms with E-state index in [2.05, 4.69) is 15.9 Å². The molecule has 0 fully saturated rings. The number of ether oxygens (including phenoxy) is 2. The van der Waals surface area contributed by atoms with Crippen molar-refractivity contribution in [3.63, 3.8) is 0 Å². The summed E-state index contributed by atoms with van der Waals surface area (Å²) in [6, 6.07) is 3.90. The maximum absolute atomic E-state index is 6.05. The van der Waals surface area contributed by atoms with Crippen molar-refractivity contribution < 1.29 is 9.47 Å². The third-order valence-corrected chi connectivity index (χ3v) is 3.13. The number of nitrogens with two attached hydrogens (primary N) is 1. The van der Waals surface area contributed by atoms with E-state index in [0.29, 0.717) is 13.2 Å². The molecule has 0 amide bonds. The van der Waals surface area contributed by atoms with Gasteiger partial charge in [-0.3, -0.25) is 0 Å². The van der Waals surface area contributed by atoms with Crippen molar-refractivity contribution >= 4 is 15.9 Å². The first kappa shape index (κ1) is 11.7. The van der Waals surface area contributed by atoms with E-state index in [-0.39, 0.29) is 5.54 Å². The van der Waals surface area contributed by atoms with E-state index < -0.39 is 0 Å². The van der Waals surface area contributed by atoms with Gasteiger partial charge in [0.05, 0.1) is 0 Å². The topological polar surface area (TPSA) is 44.5 Å². The molecule has 2 rings (SSSR count). The van der Waals surface area contributed by atoms with Crippen LogP contribution in [0.3, 0.4) is 0 Å². The van der Waals surface area contributed by atoms with Gasteiger partial charge in [0.2, 0.25) is 0 Å². The van der Waals surface area contributed by atoms with Crippen LogP contribution in [0.25, 0.3) is 0 Å². The summed E-state index contributed by atoms with van der Waals surface area (Å²) >= 11 is 3.54. The number of hydrogen-bond acceptors (Lipinski definition) is 3. The Bertz CT molecular complexity index is 399. The Morgan fingerprint density at radius 3 is 2.69 bits per heavy atom. The average molecular weight is 286 g/mol. The second-order valence-electron chi connectivity index (χ2n) is 4.72. The highest BCUT2D eigenvalue weighted by atomic mass is 79.9. The van der Waals surface area contributed by atoms with Crippen molar-refractivity contribution in [2.24, 2.45) is 5.73 Å². The molecule has 16 heavy (non-hydrogen) atoms. The number of hydrogen-bond donors (Lipinski definition) is 1. The van der Waals surface area contributed by atoms with Crippen LogP contribution < -0.4 is 15.2 Å². The molecule has 4 heteroatoms.